The summed E-state index contributed by atoms with van der Waals surface area (Å²) in [5.41, 5.74) is 3.03. The lowest BCUT2D eigenvalue weighted by atomic mass is 10.1. The first-order valence-electron chi connectivity index (χ1n) is 8.65. The smallest absolute Gasteiger partial charge is 0.261 e. The molecule has 0 spiro atoms. The van der Waals surface area contributed by atoms with Gasteiger partial charge in [0.2, 0.25) is 0 Å². The van der Waals surface area contributed by atoms with E-state index in [0.717, 1.165) is 26.7 Å². The summed E-state index contributed by atoms with van der Waals surface area (Å²) in [5, 5.41) is 4.45. The summed E-state index contributed by atoms with van der Waals surface area (Å²) in [7, 11) is 0. The Balaban J connectivity index is 1.60. The minimum absolute atomic E-state index is 0.169. The van der Waals surface area contributed by atoms with Gasteiger partial charge in [-0.2, -0.15) is 0 Å². The van der Waals surface area contributed by atoms with Crippen molar-refractivity contribution in [1.82, 2.24) is 10.3 Å². The molecule has 0 saturated carbocycles. The van der Waals surface area contributed by atoms with E-state index >= 15 is 0 Å². The number of nitrogens with one attached hydrogen (secondary N) is 1. The molecule has 4 nitrogen and oxygen atoms in total. The van der Waals surface area contributed by atoms with Crippen LogP contribution in [0.5, 0.6) is 5.75 Å². The lowest BCUT2D eigenvalue weighted by molar-refractivity contribution is -0.127. The SMILES string of the molecule is Cc1cccc(OC(C)C(=O)NCc2nc(-c3ccc(Cl)cc3)c(C)s2)c1. The van der Waals surface area contributed by atoms with Crippen LogP contribution in [0.25, 0.3) is 11.3 Å². The Labute approximate surface area is 168 Å². The van der Waals surface area contributed by atoms with Crippen LogP contribution in [0.3, 0.4) is 0 Å². The molecular weight excluding hydrogens is 380 g/mol. The summed E-state index contributed by atoms with van der Waals surface area (Å²) >= 11 is 7.52. The van der Waals surface area contributed by atoms with Crippen molar-refractivity contribution in [3.05, 3.63) is 69.0 Å². The number of amides is 1. The second kappa shape index (κ2) is 8.55. The molecule has 1 heterocycles. The third kappa shape index (κ3) is 5.08. The molecule has 1 atom stereocenters. The highest BCUT2D eigenvalue weighted by Crippen LogP contribution is 2.28. The number of thiazole rings is 1. The highest BCUT2D eigenvalue weighted by Gasteiger charge is 2.16. The van der Waals surface area contributed by atoms with Crippen LogP contribution in [0.2, 0.25) is 5.02 Å². The third-order valence-corrected chi connectivity index (χ3v) is 5.27. The number of aromatic nitrogens is 1. The molecule has 0 aliphatic heterocycles. The monoisotopic (exact) mass is 400 g/mol. The van der Waals surface area contributed by atoms with Crippen molar-refractivity contribution in [2.75, 3.05) is 0 Å². The molecule has 140 valence electrons. The molecule has 1 N–H and O–H groups in total. The Hall–Kier alpha value is -2.37. The largest absolute Gasteiger partial charge is 0.481 e. The molecular formula is C21H21ClN2O2S. The molecule has 0 bridgehead atoms. The van der Waals surface area contributed by atoms with Gasteiger partial charge >= 0.3 is 0 Å². The molecule has 1 unspecified atom stereocenters. The first kappa shape index (κ1) is 19.4. The van der Waals surface area contributed by atoms with E-state index in [-0.39, 0.29) is 5.91 Å². The maximum absolute atomic E-state index is 12.3. The predicted octanol–water partition coefficient (Wildman–Crippen LogP) is 5.16. The second-order valence-electron chi connectivity index (χ2n) is 6.31. The zero-order chi connectivity index (χ0) is 19.4. The number of aryl methyl sites for hydroxylation is 2. The van der Waals surface area contributed by atoms with Gasteiger partial charge in [-0.3, -0.25) is 4.79 Å². The first-order chi connectivity index (χ1) is 12.9. The maximum Gasteiger partial charge on any atom is 0.261 e. The number of carbonyl (C=O) groups excluding carboxylic acids is 1. The van der Waals surface area contributed by atoms with Gasteiger partial charge in [0, 0.05) is 15.5 Å². The molecule has 0 radical (unpaired) electrons. The fourth-order valence-electron chi connectivity index (χ4n) is 2.66. The van der Waals surface area contributed by atoms with Gasteiger partial charge < -0.3 is 10.1 Å². The van der Waals surface area contributed by atoms with Crippen LogP contribution >= 0.6 is 22.9 Å². The van der Waals surface area contributed by atoms with E-state index in [4.69, 9.17) is 16.3 Å². The van der Waals surface area contributed by atoms with E-state index in [9.17, 15) is 4.79 Å². The lowest BCUT2D eigenvalue weighted by Crippen LogP contribution is -2.35. The third-order valence-electron chi connectivity index (χ3n) is 4.04. The number of nitrogens with zero attached hydrogens (tertiary/aromatic N) is 1. The number of rotatable bonds is 6. The minimum Gasteiger partial charge on any atom is -0.481 e. The van der Waals surface area contributed by atoms with Crippen LogP contribution in [-0.2, 0) is 11.3 Å². The van der Waals surface area contributed by atoms with Crippen molar-refractivity contribution >= 4 is 28.8 Å². The van der Waals surface area contributed by atoms with Gasteiger partial charge in [0.1, 0.15) is 10.8 Å². The number of carbonyl (C=O) groups is 1. The Kier molecular flexibility index (Phi) is 6.14. The Bertz CT molecular complexity index is 938. The van der Waals surface area contributed by atoms with E-state index in [1.165, 1.54) is 0 Å². The molecule has 6 heteroatoms. The highest BCUT2D eigenvalue weighted by atomic mass is 35.5. The van der Waals surface area contributed by atoms with E-state index in [0.29, 0.717) is 17.3 Å². The van der Waals surface area contributed by atoms with Crippen molar-refractivity contribution in [3.63, 3.8) is 0 Å². The van der Waals surface area contributed by atoms with Gasteiger partial charge in [-0.25, -0.2) is 4.98 Å². The van der Waals surface area contributed by atoms with Crippen LogP contribution in [0.1, 0.15) is 22.4 Å². The van der Waals surface area contributed by atoms with Crippen LogP contribution in [0.15, 0.2) is 48.5 Å². The fourth-order valence-corrected chi connectivity index (χ4v) is 3.68. The van der Waals surface area contributed by atoms with Crippen LogP contribution < -0.4 is 10.1 Å². The highest BCUT2D eigenvalue weighted by molar-refractivity contribution is 7.12. The molecule has 0 aliphatic rings. The molecule has 3 rings (SSSR count). The molecule has 0 saturated heterocycles. The number of hydrogen-bond donors (Lipinski definition) is 1. The fraction of sp³-hybridized carbons (Fsp3) is 0.238. The molecule has 27 heavy (non-hydrogen) atoms. The van der Waals surface area contributed by atoms with Crippen molar-refractivity contribution in [3.8, 4) is 17.0 Å². The van der Waals surface area contributed by atoms with Gasteiger partial charge in [0.05, 0.1) is 12.2 Å². The summed E-state index contributed by atoms with van der Waals surface area (Å²) < 4.78 is 5.71. The molecule has 1 aromatic heterocycles. The van der Waals surface area contributed by atoms with E-state index in [1.807, 2.05) is 62.4 Å². The number of ether oxygens (including phenoxy) is 1. The summed E-state index contributed by atoms with van der Waals surface area (Å²) in [6.07, 6.45) is -0.580. The van der Waals surface area contributed by atoms with Crippen molar-refractivity contribution < 1.29 is 9.53 Å². The topological polar surface area (TPSA) is 51.2 Å². The summed E-state index contributed by atoms with van der Waals surface area (Å²) in [6, 6.07) is 15.2. The average Bonchev–Trinajstić information content (AvgIpc) is 3.01. The predicted molar refractivity (Wildman–Crippen MR) is 110 cm³/mol. The molecule has 0 fully saturated rings. The second-order valence-corrected chi connectivity index (χ2v) is 8.04. The maximum atomic E-state index is 12.3. The molecule has 1 amide bonds. The Morgan fingerprint density at radius 1 is 1.22 bits per heavy atom. The Morgan fingerprint density at radius 3 is 2.67 bits per heavy atom. The van der Waals surface area contributed by atoms with Gasteiger partial charge in [-0.05, 0) is 50.6 Å². The zero-order valence-electron chi connectivity index (χ0n) is 15.5. The summed E-state index contributed by atoms with van der Waals surface area (Å²) in [6.45, 7) is 6.13. The Morgan fingerprint density at radius 2 is 1.96 bits per heavy atom. The quantitative estimate of drug-likeness (QED) is 0.621. The number of benzene rings is 2. The molecule has 2 aromatic carbocycles. The van der Waals surface area contributed by atoms with Crippen LogP contribution in [0, 0.1) is 13.8 Å². The van der Waals surface area contributed by atoms with E-state index in [1.54, 1.807) is 18.3 Å². The van der Waals surface area contributed by atoms with Gasteiger partial charge in [0.15, 0.2) is 6.10 Å². The van der Waals surface area contributed by atoms with Gasteiger partial charge in [0.25, 0.3) is 5.91 Å². The number of hydrogen-bond acceptors (Lipinski definition) is 4. The van der Waals surface area contributed by atoms with Crippen LogP contribution in [0.4, 0.5) is 0 Å². The standard InChI is InChI=1S/C21H21ClN2O2S/c1-13-5-4-6-18(11-13)26-14(2)21(25)23-12-19-24-20(15(3)27-19)16-7-9-17(22)10-8-16/h4-11,14H,12H2,1-3H3,(H,23,25). The normalized spacial score (nSPS) is 11.9. The average molecular weight is 401 g/mol. The van der Waals surface area contributed by atoms with Crippen molar-refractivity contribution in [2.24, 2.45) is 0 Å². The van der Waals surface area contributed by atoms with Crippen LogP contribution in [-0.4, -0.2) is 17.0 Å². The minimum atomic E-state index is -0.580. The summed E-state index contributed by atoms with van der Waals surface area (Å²) in [5.74, 6) is 0.519. The zero-order valence-corrected chi connectivity index (χ0v) is 17.0. The van der Waals surface area contributed by atoms with E-state index in [2.05, 4.69) is 10.3 Å². The molecule has 3 aromatic rings. The van der Waals surface area contributed by atoms with Gasteiger partial charge in [-0.1, -0.05) is 35.9 Å². The lowest BCUT2D eigenvalue weighted by Gasteiger charge is -2.14. The van der Waals surface area contributed by atoms with Gasteiger partial charge in [-0.15, -0.1) is 11.3 Å². The molecule has 0 aliphatic carbocycles. The first-order valence-corrected chi connectivity index (χ1v) is 9.85. The summed E-state index contributed by atoms with van der Waals surface area (Å²) in [4.78, 5) is 18.1. The van der Waals surface area contributed by atoms with E-state index < -0.39 is 6.10 Å². The number of halogens is 1. The van der Waals surface area contributed by atoms with Crippen molar-refractivity contribution in [1.29, 1.82) is 0 Å². The van der Waals surface area contributed by atoms with Crippen molar-refractivity contribution in [2.45, 2.75) is 33.4 Å².